The molecule has 0 aliphatic carbocycles. The molecule has 1 heterocycles. The van der Waals surface area contributed by atoms with Crippen LogP contribution in [0.5, 0.6) is 0 Å². The Morgan fingerprint density at radius 1 is 0.220 bits per heavy atom. The van der Waals surface area contributed by atoms with Gasteiger partial charge >= 0.3 is 0 Å². The van der Waals surface area contributed by atoms with Gasteiger partial charge in [-0.05, 0) is 79.2 Å². The molecule has 8 aromatic carbocycles. The molecule has 0 saturated carbocycles. The lowest BCUT2D eigenvalue weighted by atomic mass is 9.94. The fourth-order valence-electron chi connectivity index (χ4n) is 6.70. The van der Waals surface area contributed by atoms with Crippen LogP contribution >= 0.6 is 0 Å². The Balaban J connectivity index is 1.08. The highest BCUT2D eigenvalue weighted by Crippen LogP contribution is 2.35. The zero-order valence-electron chi connectivity index (χ0n) is 27.2. The summed E-state index contributed by atoms with van der Waals surface area (Å²) in [6.45, 7) is 0. The van der Waals surface area contributed by atoms with E-state index in [4.69, 9.17) is 15.0 Å². The summed E-state index contributed by atoms with van der Waals surface area (Å²) in [5, 5.41) is 4.88. The normalized spacial score (nSPS) is 11.2. The van der Waals surface area contributed by atoms with E-state index >= 15 is 0 Å². The van der Waals surface area contributed by atoms with Gasteiger partial charge in [-0.3, -0.25) is 0 Å². The second-order valence-corrected chi connectivity index (χ2v) is 12.5. The molecule has 9 aromatic rings. The number of hydrogen-bond acceptors (Lipinski definition) is 3. The summed E-state index contributed by atoms with van der Waals surface area (Å²) >= 11 is 0. The van der Waals surface area contributed by atoms with E-state index in [0.717, 1.165) is 27.8 Å². The maximum atomic E-state index is 5.01. The van der Waals surface area contributed by atoms with Crippen molar-refractivity contribution >= 4 is 21.5 Å². The van der Waals surface area contributed by atoms with Crippen molar-refractivity contribution in [3.63, 3.8) is 0 Å². The van der Waals surface area contributed by atoms with Crippen LogP contribution in [-0.4, -0.2) is 15.0 Å². The molecule has 0 fully saturated rings. The van der Waals surface area contributed by atoms with Crippen LogP contribution in [0.2, 0.25) is 0 Å². The van der Waals surface area contributed by atoms with Crippen molar-refractivity contribution in [1.29, 1.82) is 0 Å². The summed E-state index contributed by atoms with van der Waals surface area (Å²) in [5.41, 5.74) is 9.89. The molecular formula is C47H31N3. The molecule has 0 unspecified atom stereocenters. The third-order valence-electron chi connectivity index (χ3n) is 9.30. The quantitative estimate of drug-likeness (QED) is 0.182. The molecule has 0 amide bonds. The summed E-state index contributed by atoms with van der Waals surface area (Å²) in [7, 11) is 0. The maximum absolute atomic E-state index is 5.01. The smallest absolute Gasteiger partial charge is 0.164 e. The average molecular weight is 638 g/mol. The van der Waals surface area contributed by atoms with E-state index < -0.39 is 0 Å². The highest BCUT2D eigenvalue weighted by Gasteiger charge is 2.16. The molecule has 234 valence electrons. The van der Waals surface area contributed by atoms with Gasteiger partial charge in [0, 0.05) is 16.7 Å². The van der Waals surface area contributed by atoms with E-state index in [-0.39, 0.29) is 0 Å². The number of aromatic nitrogens is 3. The lowest BCUT2D eigenvalue weighted by molar-refractivity contribution is 1.07. The van der Waals surface area contributed by atoms with E-state index in [1.807, 2.05) is 66.7 Å². The molecule has 0 N–H and O–H groups in total. The van der Waals surface area contributed by atoms with Gasteiger partial charge in [0.2, 0.25) is 0 Å². The van der Waals surface area contributed by atoms with Crippen LogP contribution in [0.15, 0.2) is 188 Å². The Hall–Kier alpha value is -6.71. The lowest BCUT2D eigenvalue weighted by Crippen LogP contribution is -2.01. The first-order valence-electron chi connectivity index (χ1n) is 16.9. The molecule has 1 aromatic heterocycles. The predicted molar refractivity (Wildman–Crippen MR) is 207 cm³/mol. The summed E-state index contributed by atoms with van der Waals surface area (Å²) in [5.74, 6) is 1.95. The number of hydrogen-bond donors (Lipinski definition) is 0. The minimum absolute atomic E-state index is 0.648. The van der Waals surface area contributed by atoms with E-state index in [2.05, 4.69) is 121 Å². The second kappa shape index (κ2) is 12.7. The van der Waals surface area contributed by atoms with Crippen molar-refractivity contribution in [1.82, 2.24) is 15.0 Å². The van der Waals surface area contributed by atoms with Gasteiger partial charge in [-0.2, -0.15) is 0 Å². The molecule has 0 saturated heterocycles. The third-order valence-corrected chi connectivity index (χ3v) is 9.30. The summed E-state index contributed by atoms with van der Waals surface area (Å²) in [6.07, 6.45) is 0. The highest BCUT2D eigenvalue weighted by molar-refractivity contribution is 5.94. The average Bonchev–Trinajstić information content (AvgIpc) is 3.21. The van der Waals surface area contributed by atoms with Crippen LogP contribution in [0.25, 0.3) is 89.1 Å². The van der Waals surface area contributed by atoms with Crippen molar-refractivity contribution in [2.24, 2.45) is 0 Å². The number of rotatable bonds is 6. The minimum atomic E-state index is 0.648. The lowest BCUT2D eigenvalue weighted by Gasteiger charge is -2.13. The van der Waals surface area contributed by atoms with E-state index in [0.29, 0.717) is 17.5 Å². The van der Waals surface area contributed by atoms with Gasteiger partial charge in [-0.1, -0.05) is 164 Å². The third kappa shape index (κ3) is 5.72. The Morgan fingerprint density at radius 2 is 0.620 bits per heavy atom. The molecule has 3 nitrogen and oxygen atoms in total. The van der Waals surface area contributed by atoms with Gasteiger partial charge in [0.1, 0.15) is 0 Å². The molecule has 0 atom stereocenters. The maximum Gasteiger partial charge on any atom is 0.164 e. The van der Waals surface area contributed by atoms with Crippen molar-refractivity contribution in [2.75, 3.05) is 0 Å². The Kier molecular flexibility index (Phi) is 7.49. The van der Waals surface area contributed by atoms with E-state index in [1.165, 1.54) is 43.8 Å². The van der Waals surface area contributed by atoms with Gasteiger partial charge < -0.3 is 0 Å². The largest absolute Gasteiger partial charge is 0.208 e. The SMILES string of the molecule is c1ccc(-c2nc(-c3ccccc3)nc(-c3ccccc3-c3ccc4cc(-c5cccc(-c6ccc7ccccc7c6)c5)ccc4c3)n2)cc1. The van der Waals surface area contributed by atoms with Crippen LogP contribution < -0.4 is 0 Å². The first-order chi connectivity index (χ1) is 24.7. The molecule has 0 aliphatic heterocycles. The number of nitrogens with zero attached hydrogens (tertiary/aromatic N) is 3. The van der Waals surface area contributed by atoms with Crippen LogP contribution in [0.1, 0.15) is 0 Å². The predicted octanol–water partition coefficient (Wildman–Crippen LogP) is 12.2. The molecule has 50 heavy (non-hydrogen) atoms. The summed E-state index contributed by atoms with van der Waals surface area (Å²) < 4.78 is 0. The fraction of sp³-hybridized carbons (Fsp3) is 0. The van der Waals surface area contributed by atoms with E-state index in [9.17, 15) is 0 Å². The van der Waals surface area contributed by atoms with Crippen molar-refractivity contribution < 1.29 is 0 Å². The highest BCUT2D eigenvalue weighted by atomic mass is 15.0. The molecular weight excluding hydrogens is 607 g/mol. The first kappa shape index (κ1) is 29.4. The fourth-order valence-corrected chi connectivity index (χ4v) is 6.70. The second-order valence-electron chi connectivity index (χ2n) is 12.5. The van der Waals surface area contributed by atoms with Crippen LogP contribution in [0, 0.1) is 0 Å². The van der Waals surface area contributed by atoms with E-state index in [1.54, 1.807) is 0 Å². The van der Waals surface area contributed by atoms with Crippen molar-refractivity contribution in [3.05, 3.63) is 188 Å². The zero-order chi connectivity index (χ0) is 33.3. The van der Waals surface area contributed by atoms with Crippen LogP contribution in [0.3, 0.4) is 0 Å². The topological polar surface area (TPSA) is 38.7 Å². The van der Waals surface area contributed by atoms with Gasteiger partial charge in [0.05, 0.1) is 0 Å². The molecule has 9 rings (SSSR count). The Morgan fingerprint density at radius 3 is 1.24 bits per heavy atom. The number of benzene rings is 8. The molecule has 0 aliphatic rings. The van der Waals surface area contributed by atoms with Gasteiger partial charge in [-0.15, -0.1) is 0 Å². The monoisotopic (exact) mass is 637 g/mol. The minimum Gasteiger partial charge on any atom is -0.208 e. The number of fused-ring (bicyclic) bond motifs is 2. The van der Waals surface area contributed by atoms with Crippen molar-refractivity contribution in [2.45, 2.75) is 0 Å². The van der Waals surface area contributed by atoms with Gasteiger partial charge in [0.15, 0.2) is 17.5 Å². The Labute approximate surface area is 291 Å². The molecule has 0 radical (unpaired) electrons. The van der Waals surface area contributed by atoms with Crippen molar-refractivity contribution in [3.8, 4) is 67.5 Å². The van der Waals surface area contributed by atoms with Crippen LogP contribution in [-0.2, 0) is 0 Å². The molecule has 0 bridgehead atoms. The van der Waals surface area contributed by atoms with Gasteiger partial charge in [-0.25, -0.2) is 15.0 Å². The summed E-state index contributed by atoms with van der Waals surface area (Å²) in [6, 6.07) is 66.0. The summed E-state index contributed by atoms with van der Waals surface area (Å²) in [4.78, 5) is 14.9. The molecule has 0 spiro atoms. The van der Waals surface area contributed by atoms with Crippen LogP contribution in [0.4, 0.5) is 0 Å². The molecule has 3 heteroatoms. The first-order valence-corrected chi connectivity index (χ1v) is 16.9. The van der Waals surface area contributed by atoms with Gasteiger partial charge in [0.25, 0.3) is 0 Å². The standard InChI is InChI=1S/C47H31N3/c1-3-13-33(14-4-1)45-48-46(34-15-5-2-6-16-34)50-47(49-45)44-21-10-9-20-43(44)42-27-26-40-30-39(24-25-41(40)31-42)37-19-11-18-36(29-37)38-23-22-32-12-7-8-17-35(32)28-38/h1-31H. The zero-order valence-corrected chi connectivity index (χ0v) is 27.2. The Bertz CT molecular complexity index is 2590.